The second-order valence-corrected chi connectivity index (χ2v) is 6.47. The van der Waals surface area contributed by atoms with Crippen LogP contribution < -0.4 is 15.8 Å². The van der Waals surface area contributed by atoms with Gasteiger partial charge in [0.1, 0.15) is 11.8 Å². The second kappa shape index (κ2) is 7.55. The molecule has 0 bridgehead atoms. The van der Waals surface area contributed by atoms with Crippen LogP contribution in [0.2, 0.25) is 0 Å². The first kappa shape index (κ1) is 17.3. The zero-order valence-electron chi connectivity index (χ0n) is 14.1. The highest BCUT2D eigenvalue weighted by molar-refractivity contribution is 5.94. The maximum atomic E-state index is 12.2. The molecule has 1 atom stereocenters. The third kappa shape index (κ3) is 4.10. The van der Waals surface area contributed by atoms with Crippen LogP contribution in [-0.4, -0.2) is 41.8 Å². The molecule has 134 valence electrons. The number of nitrogens with one attached hydrogen (secondary N) is 1. The molecular formula is C18H23N3O4. The molecule has 1 aromatic carbocycles. The molecule has 0 aromatic heterocycles. The van der Waals surface area contributed by atoms with Crippen LogP contribution >= 0.6 is 0 Å². The summed E-state index contributed by atoms with van der Waals surface area (Å²) in [6.45, 7) is 1.02. The molecule has 3 rings (SSSR count). The van der Waals surface area contributed by atoms with E-state index in [2.05, 4.69) is 5.32 Å². The quantitative estimate of drug-likeness (QED) is 0.757. The molecule has 7 nitrogen and oxygen atoms in total. The van der Waals surface area contributed by atoms with Gasteiger partial charge in [0.05, 0.1) is 6.61 Å². The summed E-state index contributed by atoms with van der Waals surface area (Å²) in [5.41, 5.74) is 7.24. The fourth-order valence-corrected chi connectivity index (χ4v) is 3.37. The number of carbonyl (C=O) groups excluding carboxylic acids is 3. The number of fused-ring (bicyclic) bond motifs is 1. The summed E-state index contributed by atoms with van der Waals surface area (Å²) in [4.78, 5) is 36.5. The topological polar surface area (TPSA) is 102 Å². The molecule has 1 saturated heterocycles. The van der Waals surface area contributed by atoms with E-state index in [4.69, 9.17) is 10.5 Å². The SMILES string of the molecule is NC(=O)[C@H]1CCCN1C(=O)CCCOc1ccc2c(c1)CCC(=O)N2. The summed E-state index contributed by atoms with van der Waals surface area (Å²) in [7, 11) is 0. The lowest BCUT2D eigenvalue weighted by molar-refractivity contribution is -0.137. The minimum Gasteiger partial charge on any atom is -0.494 e. The average Bonchev–Trinajstić information content (AvgIpc) is 3.08. The van der Waals surface area contributed by atoms with Crippen LogP contribution in [0.5, 0.6) is 5.75 Å². The third-order valence-corrected chi connectivity index (χ3v) is 4.68. The Labute approximate surface area is 146 Å². The highest BCUT2D eigenvalue weighted by Gasteiger charge is 2.32. The van der Waals surface area contributed by atoms with Crippen molar-refractivity contribution in [2.45, 2.75) is 44.6 Å². The lowest BCUT2D eigenvalue weighted by Gasteiger charge is -2.22. The van der Waals surface area contributed by atoms with Gasteiger partial charge in [-0.15, -0.1) is 0 Å². The van der Waals surface area contributed by atoms with Gasteiger partial charge in [-0.3, -0.25) is 14.4 Å². The highest BCUT2D eigenvalue weighted by atomic mass is 16.5. The average molecular weight is 345 g/mol. The van der Waals surface area contributed by atoms with Gasteiger partial charge in [0.25, 0.3) is 0 Å². The van der Waals surface area contributed by atoms with Crippen molar-refractivity contribution in [3.8, 4) is 5.75 Å². The zero-order chi connectivity index (χ0) is 17.8. The van der Waals surface area contributed by atoms with E-state index in [-0.39, 0.29) is 11.8 Å². The summed E-state index contributed by atoms with van der Waals surface area (Å²) in [6, 6.07) is 5.13. The van der Waals surface area contributed by atoms with Crippen molar-refractivity contribution >= 4 is 23.4 Å². The Bertz CT molecular complexity index is 689. The number of amides is 3. The Balaban J connectivity index is 1.45. The van der Waals surface area contributed by atoms with E-state index in [1.54, 1.807) is 4.90 Å². The van der Waals surface area contributed by atoms with E-state index in [0.717, 1.165) is 23.4 Å². The number of benzene rings is 1. The fourth-order valence-electron chi connectivity index (χ4n) is 3.37. The highest BCUT2D eigenvalue weighted by Crippen LogP contribution is 2.27. The predicted octanol–water partition coefficient (Wildman–Crippen LogP) is 1.21. The molecule has 0 saturated carbocycles. The van der Waals surface area contributed by atoms with E-state index >= 15 is 0 Å². The molecule has 1 fully saturated rings. The number of nitrogens with zero attached hydrogens (tertiary/aromatic N) is 1. The van der Waals surface area contributed by atoms with Crippen molar-refractivity contribution < 1.29 is 19.1 Å². The number of nitrogens with two attached hydrogens (primary N) is 1. The Hall–Kier alpha value is -2.57. The van der Waals surface area contributed by atoms with Gasteiger partial charge >= 0.3 is 0 Å². The van der Waals surface area contributed by atoms with Crippen molar-refractivity contribution in [2.24, 2.45) is 5.73 Å². The van der Waals surface area contributed by atoms with E-state index in [0.29, 0.717) is 45.3 Å². The summed E-state index contributed by atoms with van der Waals surface area (Å²) in [5.74, 6) is 0.302. The van der Waals surface area contributed by atoms with Gasteiger partial charge in [0, 0.05) is 25.1 Å². The number of rotatable bonds is 6. The van der Waals surface area contributed by atoms with Crippen molar-refractivity contribution in [1.82, 2.24) is 4.90 Å². The van der Waals surface area contributed by atoms with Gasteiger partial charge in [-0.05, 0) is 49.4 Å². The van der Waals surface area contributed by atoms with Gasteiger partial charge < -0.3 is 20.7 Å². The summed E-state index contributed by atoms with van der Waals surface area (Å²) in [6.07, 6.45) is 3.59. The second-order valence-electron chi connectivity index (χ2n) is 6.47. The maximum Gasteiger partial charge on any atom is 0.240 e. The number of carbonyl (C=O) groups is 3. The largest absolute Gasteiger partial charge is 0.494 e. The van der Waals surface area contributed by atoms with E-state index in [9.17, 15) is 14.4 Å². The van der Waals surface area contributed by atoms with Crippen molar-refractivity contribution in [3.63, 3.8) is 0 Å². The molecule has 7 heteroatoms. The lowest BCUT2D eigenvalue weighted by Crippen LogP contribution is -2.43. The molecule has 2 heterocycles. The molecule has 0 spiro atoms. The van der Waals surface area contributed by atoms with Crippen LogP contribution in [0.3, 0.4) is 0 Å². The van der Waals surface area contributed by atoms with Crippen LogP contribution in [0.1, 0.15) is 37.7 Å². The van der Waals surface area contributed by atoms with Crippen molar-refractivity contribution in [1.29, 1.82) is 0 Å². The number of ether oxygens (including phenoxy) is 1. The Morgan fingerprint density at radius 2 is 2.16 bits per heavy atom. The smallest absolute Gasteiger partial charge is 0.240 e. The van der Waals surface area contributed by atoms with Gasteiger partial charge in [-0.25, -0.2) is 0 Å². The number of hydrogen-bond donors (Lipinski definition) is 2. The van der Waals surface area contributed by atoms with Gasteiger partial charge in [-0.2, -0.15) is 0 Å². The first-order valence-corrected chi connectivity index (χ1v) is 8.69. The summed E-state index contributed by atoms with van der Waals surface area (Å²) in [5, 5.41) is 2.83. The van der Waals surface area contributed by atoms with Crippen LogP contribution in [0.25, 0.3) is 0 Å². The molecule has 0 radical (unpaired) electrons. The Morgan fingerprint density at radius 3 is 2.96 bits per heavy atom. The summed E-state index contributed by atoms with van der Waals surface area (Å²) >= 11 is 0. The molecule has 2 aliphatic heterocycles. The number of aryl methyl sites for hydroxylation is 1. The number of anilines is 1. The van der Waals surface area contributed by atoms with E-state index in [1.165, 1.54) is 0 Å². The molecule has 3 N–H and O–H groups in total. The van der Waals surface area contributed by atoms with Crippen molar-refractivity contribution in [3.05, 3.63) is 23.8 Å². The minimum absolute atomic E-state index is 0.0378. The van der Waals surface area contributed by atoms with Crippen LogP contribution in [-0.2, 0) is 20.8 Å². The Morgan fingerprint density at radius 1 is 1.32 bits per heavy atom. The van der Waals surface area contributed by atoms with Crippen LogP contribution in [0, 0.1) is 0 Å². The maximum absolute atomic E-state index is 12.2. The molecule has 0 aliphatic carbocycles. The van der Waals surface area contributed by atoms with Gasteiger partial charge in [-0.1, -0.05) is 0 Å². The molecule has 3 amide bonds. The molecular weight excluding hydrogens is 322 g/mol. The molecule has 25 heavy (non-hydrogen) atoms. The molecule has 1 aromatic rings. The number of hydrogen-bond acceptors (Lipinski definition) is 4. The van der Waals surface area contributed by atoms with Gasteiger partial charge in [0.15, 0.2) is 0 Å². The minimum atomic E-state index is -0.454. The number of likely N-dealkylation sites (tertiary alicyclic amines) is 1. The van der Waals surface area contributed by atoms with Gasteiger partial charge in [0.2, 0.25) is 17.7 Å². The standard InChI is InChI=1S/C18H23N3O4/c19-18(24)15-3-1-9-21(15)17(23)4-2-10-25-13-6-7-14-12(11-13)5-8-16(22)20-14/h6-7,11,15H,1-5,8-10H2,(H2,19,24)(H,20,22)/t15-/m1/s1. The fraction of sp³-hybridized carbons (Fsp3) is 0.500. The first-order chi connectivity index (χ1) is 12.0. The van der Waals surface area contributed by atoms with Crippen LogP contribution in [0.15, 0.2) is 18.2 Å². The van der Waals surface area contributed by atoms with E-state index in [1.807, 2.05) is 18.2 Å². The zero-order valence-corrected chi connectivity index (χ0v) is 14.1. The first-order valence-electron chi connectivity index (χ1n) is 8.69. The number of primary amides is 1. The predicted molar refractivity (Wildman–Crippen MR) is 92.1 cm³/mol. The lowest BCUT2D eigenvalue weighted by atomic mass is 10.0. The van der Waals surface area contributed by atoms with Crippen LogP contribution in [0.4, 0.5) is 5.69 Å². The monoisotopic (exact) mass is 345 g/mol. The normalized spacial score (nSPS) is 19.3. The molecule has 0 unspecified atom stereocenters. The Kier molecular flexibility index (Phi) is 5.21. The third-order valence-electron chi connectivity index (χ3n) is 4.68. The van der Waals surface area contributed by atoms with Crippen molar-refractivity contribution in [2.75, 3.05) is 18.5 Å². The molecule has 2 aliphatic rings. The summed E-state index contributed by atoms with van der Waals surface area (Å²) < 4.78 is 5.71. The van der Waals surface area contributed by atoms with E-state index < -0.39 is 11.9 Å².